The van der Waals surface area contributed by atoms with E-state index in [-0.39, 0.29) is 5.41 Å². The van der Waals surface area contributed by atoms with Crippen LogP contribution in [-0.2, 0) is 5.41 Å². The molecule has 2 rings (SSSR count). The lowest BCUT2D eigenvalue weighted by Gasteiger charge is -2.18. The Labute approximate surface area is 84.4 Å². The fourth-order valence-corrected chi connectivity index (χ4v) is 1.76. The fraction of sp³-hybridized carbons (Fsp3) is 0.417. The number of rotatable bonds is 0. The summed E-state index contributed by atoms with van der Waals surface area (Å²) in [6.45, 7) is 8.67. The van der Waals surface area contributed by atoms with Gasteiger partial charge in [0.15, 0.2) is 0 Å². The standard InChI is InChI=1S/C12H16N2/c1-8-7-14-10-9(8)5-6-13-11(10)12(2,3)4/h5-7,14H,1-4H3. The number of fused-ring (bicyclic) bond motifs is 1. The van der Waals surface area contributed by atoms with Crippen molar-refractivity contribution in [1.82, 2.24) is 9.97 Å². The molecule has 2 aromatic rings. The van der Waals surface area contributed by atoms with Gasteiger partial charge < -0.3 is 4.98 Å². The van der Waals surface area contributed by atoms with Crippen molar-refractivity contribution in [3.63, 3.8) is 0 Å². The van der Waals surface area contributed by atoms with Crippen LogP contribution < -0.4 is 0 Å². The van der Waals surface area contributed by atoms with Crippen LogP contribution in [-0.4, -0.2) is 9.97 Å². The molecule has 2 heteroatoms. The summed E-state index contributed by atoms with van der Waals surface area (Å²) in [6.07, 6.45) is 3.94. The van der Waals surface area contributed by atoms with Gasteiger partial charge in [-0.15, -0.1) is 0 Å². The minimum Gasteiger partial charge on any atom is -0.359 e. The Morgan fingerprint density at radius 2 is 2.00 bits per heavy atom. The van der Waals surface area contributed by atoms with Crippen LogP contribution in [0.1, 0.15) is 32.0 Å². The smallest absolute Gasteiger partial charge is 0.0697 e. The maximum Gasteiger partial charge on any atom is 0.0697 e. The Kier molecular flexibility index (Phi) is 1.88. The minimum atomic E-state index is 0.0941. The molecule has 0 radical (unpaired) electrons. The second kappa shape index (κ2) is 2.84. The van der Waals surface area contributed by atoms with Gasteiger partial charge in [0, 0.05) is 23.2 Å². The molecular weight excluding hydrogens is 172 g/mol. The van der Waals surface area contributed by atoms with Gasteiger partial charge in [-0.1, -0.05) is 20.8 Å². The Bertz CT molecular complexity index is 461. The van der Waals surface area contributed by atoms with Crippen molar-refractivity contribution >= 4 is 10.9 Å². The van der Waals surface area contributed by atoms with Gasteiger partial charge in [-0.25, -0.2) is 0 Å². The molecule has 0 aromatic carbocycles. The molecule has 0 atom stereocenters. The van der Waals surface area contributed by atoms with Crippen LogP contribution in [0.5, 0.6) is 0 Å². The predicted octanol–water partition coefficient (Wildman–Crippen LogP) is 3.17. The molecule has 0 aliphatic heterocycles. The average molecular weight is 188 g/mol. The van der Waals surface area contributed by atoms with E-state index < -0.39 is 0 Å². The van der Waals surface area contributed by atoms with Crippen LogP contribution in [0, 0.1) is 6.92 Å². The van der Waals surface area contributed by atoms with Gasteiger partial charge in [-0.2, -0.15) is 0 Å². The van der Waals surface area contributed by atoms with E-state index in [4.69, 9.17) is 0 Å². The largest absolute Gasteiger partial charge is 0.359 e. The van der Waals surface area contributed by atoms with E-state index in [0.29, 0.717) is 0 Å². The summed E-state index contributed by atoms with van der Waals surface area (Å²) in [5.74, 6) is 0. The van der Waals surface area contributed by atoms with Crippen molar-refractivity contribution in [2.45, 2.75) is 33.1 Å². The van der Waals surface area contributed by atoms with E-state index in [0.717, 1.165) is 5.69 Å². The lowest BCUT2D eigenvalue weighted by Crippen LogP contribution is -2.13. The molecule has 0 saturated heterocycles. The van der Waals surface area contributed by atoms with E-state index in [2.05, 4.69) is 43.7 Å². The molecule has 2 aromatic heterocycles. The van der Waals surface area contributed by atoms with E-state index in [1.807, 2.05) is 12.4 Å². The van der Waals surface area contributed by atoms with Crippen molar-refractivity contribution in [3.8, 4) is 0 Å². The predicted molar refractivity (Wildman–Crippen MR) is 59.5 cm³/mol. The van der Waals surface area contributed by atoms with Crippen LogP contribution >= 0.6 is 0 Å². The minimum absolute atomic E-state index is 0.0941. The zero-order chi connectivity index (χ0) is 10.3. The number of nitrogens with zero attached hydrogens (tertiary/aromatic N) is 1. The number of hydrogen-bond acceptors (Lipinski definition) is 1. The van der Waals surface area contributed by atoms with Crippen molar-refractivity contribution < 1.29 is 0 Å². The first-order valence-electron chi connectivity index (χ1n) is 4.93. The van der Waals surface area contributed by atoms with Gasteiger partial charge in [0.1, 0.15) is 0 Å². The van der Waals surface area contributed by atoms with Gasteiger partial charge in [-0.3, -0.25) is 4.98 Å². The lowest BCUT2D eigenvalue weighted by molar-refractivity contribution is 0.574. The summed E-state index contributed by atoms with van der Waals surface area (Å²) in [5, 5.41) is 1.28. The summed E-state index contributed by atoms with van der Waals surface area (Å²) in [4.78, 5) is 7.76. The lowest BCUT2D eigenvalue weighted by atomic mass is 9.90. The monoisotopic (exact) mass is 188 g/mol. The Morgan fingerprint density at radius 3 is 2.64 bits per heavy atom. The van der Waals surface area contributed by atoms with Gasteiger partial charge in [-0.05, 0) is 18.6 Å². The van der Waals surface area contributed by atoms with Crippen LogP contribution in [0.3, 0.4) is 0 Å². The molecule has 1 N–H and O–H groups in total. The number of H-pyrrole nitrogens is 1. The van der Waals surface area contributed by atoms with Crippen LogP contribution in [0.15, 0.2) is 18.5 Å². The maximum atomic E-state index is 4.46. The molecule has 0 aliphatic carbocycles. The molecule has 74 valence electrons. The third-order valence-electron chi connectivity index (χ3n) is 2.52. The van der Waals surface area contributed by atoms with Crippen LogP contribution in [0.2, 0.25) is 0 Å². The summed E-state index contributed by atoms with van der Waals surface area (Å²) < 4.78 is 0. The molecule has 0 saturated carbocycles. The maximum absolute atomic E-state index is 4.46. The second-order valence-corrected chi connectivity index (χ2v) is 4.80. The second-order valence-electron chi connectivity index (χ2n) is 4.80. The molecule has 0 fully saturated rings. The third-order valence-corrected chi connectivity index (χ3v) is 2.52. The quantitative estimate of drug-likeness (QED) is 0.676. The molecule has 2 heterocycles. The average Bonchev–Trinajstić information content (AvgIpc) is 2.46. The first kappa shape index (κ1) is 9.25. The molecule has 2 nitrogen and oxygen atoms in total. The number of aryl methyl sites for hydroxylation is 1. The van der Waals surface area contributed by atoms with Gasteiger partial charge in [0.05, 0.1) is 11.2 Å². The summed E-state index contributed by atoms with van der Waals surface area (Å²) in [7, 11) is 0. The SMILES string of the molecule is Cc1c[nH]c2c(C(C)(C)C)nccc12. The Morgan fingerprint density at radius 1 is 1.29 bits per heavy atom. The van der Waals surface area contributed by atoms with Crippen molar-refractivity contribution in [3.05, 3.63) is 29.7 Å². The topological polar surface area (TPSA) is 28.7 Å². The molecule has 14 heavy (non-hydrogen) atoms. The van der Waals surface area contributed by atoms with Crippen LogP contribution in [0.4, 0.5) is 0 Å². The molecule has 0 aliphatic rings. The summed E-state index contributed by atoms with van der Waals surface area (Å²) in [5.41, 5.74) is 3.70. The number of aromatic amines is 1. The van der Waals surface area contributed by atoms with Crippen molar-refractivity contribution in [1.29, 1.82) is 0 Å². The molecule has 0 bridgehead atoms. The van der Waals surface area contributed by atoms with Crippen molar-refractivity contribution in [2.75, 3.05) is 0 Å². The highest BCUT2D eigenvalue weighted by atomic mass is 14.8. The number of pyridine rings is 1. The highest BCUT2D eigenvalue weighted by Crippen LogP contribution is 2.28. The molecular formula is C12H16N2. The summed E-state index contributed by atoms with van der Waals surface area (Å²) >= 11 is 0. The Hall–Kier alpha value is -1.31. The van der Waals surface area contributed by atoms with Gasteiger partial charge in [0.2, 0.25) is 0 Å². The molecule has 0 amide bonds. The number of hydrogen-bond donors (Lipinski definition) is 1. The van der Waals surface area contributed by atoms with Crippen molar-refractivity contribution in [2.24, 2.45) is 0 Å². The van der Waals surface area contributed by atoms with E-state index >= 15 is 0 Å². The molecule has 0 unspecified atom stereocenters. The third kappa shape index (κ3) is 1.31. The summed E-state index contributed by atoms with van der Waals surface area (Å²) in [6, 6.07) is 2.07. The zero-order valence-electron chi connectivity index (χ0n) is 9.18. The first-order chi connectivity index (χ1) is 6.50. The first-order valence-corrected chi connectivity index (χ1v) is 4.93. The van der Waals surface area contributed by atoms with Gasteiger partial charge >= 0.3 is 0 Å². The Balaban J connectivity index is 2.79. The van der Waals surface area contributed by atoms with E-state index in [1.165, 1.54) is 16.5 Å². The van der Waals surface area contributed by atoms with E-state index in [1.54, 1.807) is 0 Å². The number of nitrogens with one attached hydrogen (secondary N) is 1. The van der Waals surface area contributed by atoms with Gasteiger partial charge in [0.25, 0.3) is 0 Å². The zero-order valence-corrected chi connectivity index (χ0v) is 9.18. The highest BCUT2D eigenvalue weighted by molar-refractivity contribution is 5.85. The highest BCUT2D eigenvalue weighted by Gasteiger charge is 2.19. The number of aromatic nitrogens is 2. The molecule has 0 spiro atoms. The normalized spacial score (nSPS) is 12.3. The fourth-order valence-electron chi connectivity index (χ4n) is 1.76. The van der Waals surface area contributed by atoms with Crippen LogP contribution in [0.25, 0.3) is 10.9 Å². The van der Waals surface area contributed by atoms with E-state index in [9.17, 15) is 0 Å².